The standard InChI is InChI=1S/C21H18N6O2/c1-3-21(28)24-14-8-9-15-17(10-14)27(13-23-15)20-12-22-11-19(26-20)25-16-6-4-5-7-18(16)29-2/h3-13H,1H2,2H3,(H,24,28)(H,25,26). The fraction of sp³-hybridized carbons (Fsp3) is 0.0476. The minimum Gasteiger partial charge on any atom is -0.495 e. The van der Waals surface area contributed by atoms with Crippen LogP contribution in [0.2, 0.25) is 0 Å². The van der Waals surface area contributed by atoms with Crippen molar-refractivity contribution in [2.24, 2.45) is 0 Å². The van der Waals surface area contributed by atoms with Gasteiger partial charge in [-0.3, -0.25) is 14.3 Å². The fourth-order valence-electron chi connectivity index (χ4n) is 2.88. The van der Waals surface area contributed by atoms with Gasteiger partial charge in [-0.25, -0.2) is 9.97 Å². The van der Waals surface area contributed by atoms with Gasteiger partial charge in [-0.15, -0.1) is 0 Å². The Kier molecular flexibility index (Phi) is 4.90. The number of hydrogen-bond acceptors (Lipinski definition) is 6. The molecule has 0 spiro atoms. The van der Waals surface area contributed by atoms with Crippen LogP contribution in [-0.4, -0.2) is 32.5 Å². The number of para-hydroxylation sites is 2. The lowest BCUT2D eigenvalue weighted by Crippen LogP contribution is -2.07. The van der Waals surface area contributed by atoms with Crippen molar-refractivity contribution in [3.8, 4) is 11.6 Å². The lowest BCUT2D eigenvalue weighted by molar-refractivity contribution is -0.111. The summed E-state index contributed by atoms with van der Waals surface area (Å²) in [7, 11) is 1.61. The van der Waals surface area contributed by atoms with Crippen molar-refractivity contribution < 1.29 is 9.53 Å². The Morgan fingerprint density at radius 3 is 2.90 bits per heavy atom. The van der Waals surface area contributed by atoms with Crippen LogP contribution in [0.1, 0.15) is 0 Å². The third-order valence-electron chi connectivity index (χ3n) is 4.24. The second-order valence-electron chi connectivity index (χ2n) is 6.10. The van der Waals surface area contributed by atoms with Gasteiger partial charge in [-0.2, -0.15) is 0 Å². The number of carbonyl (C=O) groups is 1. The van der Waals surface area contributed by atoms with Crippen molar-refractivity contribution >= 4 is 34.1 Å². The van der Waals surface area contributed by atoms with E-state index in [0.29, 0.717) is 23.1 Å². The summed E-state index contributed by atoms with van der Waals surface area (Å²) >= 11 is 0. The second kappa shape index (κ2) is 7.81. The highest BCUT2D eigenvalue weighted by Crippen LogP contribution is 2.27. The SMILES string of the molecule is C=CC(=O)Nc1ccc2ncn(-c3cncc(Nc4ccccc4OC)n3)c2c1. The van der Waals surface area contributed by atoms with E-state index in [0.717, 1.165) is 16.7 Å². The number of anilines is 3. The topological polar surface area (TPSA) is 94.0 Å². The molecule has 0 fully saturated rings. The first-order chi connectivity index (χ1) is 14.2. The number of aromatic nitrogens is 4. The van der Waals surface area contributed by atoms with E-state index in [1.165, 1.54) is 6.08 Å². The van der Waals surface area contributed by atoms with Crippen LogP contribution in [0.4, 0.5) is 17.2 Å². The summed E-state index contributed by atoms with van der Waals surface area (Å²) in [4.78, 5) is 24.9. The maximum atomic E-state index is 11.6. The number of nitrogens with one attached hydrogen (secondary N) is 2. The maximum Gasteiger partial charge on any atom is 0.247 e. The number of amides is 1. The van der Waals surface area contributed by atoms with E-state index in [9.17, 15) is 4.79 Å². The Labute approximate surface area is 166 Å². The zero-order valence-corrected chi connectivity index (χ0v) is 15.7. The van der Waals surface area contributed by atoms with Crippen molar-refractivity contribution in [3.63, 3.8) is 0 Å². The number of imidazole rings is 1. The Bertz CT molecular complexity index is 1200. The summed E-state index contributed by atoms with van der Waals surface area (Å²) in [5.41, 5.74) is 2.98. The molecule has 0 unspecified atom stereocenters. The van der Waals surface area contributed by atoms with Crippen molar-refractivity contribution in [2.75, 3.05) is 17.7 Å². The number of carbonyl (C=O) groups excluding carboxylic acids is 1. The maximum absolute atomic E-state index is 11.6. The van der Waals surface area contributed by atoms with Crippen LogP contribution in [0, 0.1) is 0 Å². The smallest absolute Gasteiger partial charge is 0.247 e. The molecule has 2 N–H and O–H groups in total. The predicted molar refractivity (Wildman–Crippen MR) is 112 cm³/mol. The van der Waals surface area contributed by atoms with E-state index in [1.807, 2.05) is 36.4 Å². The van der Waals surface area contributed by atoms with Crippen molar-refractivity contribution in [3.05, 3.63) is 73.8 Å². The number of rotatable bonds is 6. The first-order valence-electron chi connectivity index (χ1n) is 8.81. The van der Waals surface area contributed by atoms with E-state index in [2.05, 4.69) is 32.2 Å². The van der Waals surface area contributed by atoms with Gasteiger partial charge >= 0.3 is 0 Å². The normalized spacial score (nSPS) is 10.5. The first-order valence-corrected chi connectivity index (χ1v) is 8.81. The molecule has 0 aliphatic carbocycles. The molecule has 4 aromatic rings. The quantitative estimate of drug-likeness (QED) is 0.491. The predicted octanol–water partition coefficient (Wildman–Crippen LogP) is 3.69. The lowest BCUT2D eigenvalue weighted by atomic mass is 10.2. The molecule has 2 heterocycles. The minimum atomic E-state index is -0.279. The molecule has 0 bridgehead atoms. The van der Waals surface area contributed by atoms with Crippen molar-refractivity contribution in [1.82, 2.24) is 19.5 Å². The Morgan fingerprint density at radius 1 is 1.21 bits per heavy atom. The molecule has 0 aliphatic heterocycles. The van der Waals surface area contributed by atoms with E-state index >= 15 is 0 Å². The Balaban J connectivity index is 1.69. The highest BCUT2D eigenvalue weighted by atomic mass is 16.5. The number of nitrogens with zero attached hydrogens (tertiary/aromatic N) is 4. The summed E-state index contributed by atoms with van der Waals surface area (Å²) in [6.45, 7) is 3.47. The first kappa shape index (κ1) is 18.2. The molecule has 0 radical (unpaired) electrons. The molecular weight excluding hydrogens is 368 g/mol. The van der Waals surface area contributed by atoms with Crippen LogP contribution >= 0.6 is 0 Å². The number of fused-ring (bicyclic) bond motifs is 1. The van der Waals surface area contributed by atoms with Crippen molar-refractivity contribution in [2.45, 2.75) is 0 Å². The molecule has 0 saturated carbocycles. The van der Waals surface area contributed by atoms with Gasteiger partial charge in [0.05, 0.1) is 36.2 Å². The number of methoxy groups -OCH3 is 1. The van der Waals surface area contributed by atoms with Gasteiger partial charge in [0.2, 0.25) is 5.91 Å². The molecule has 4 rings (SSSR count). The van der Waals surface area contributed by atoms with Gasteiger partial charge in [0.15, 0.2) is 11.6 Å². The van der Waals surface area contributed by atoms with Crippen LogP contribution in [0.15, 0.2) is 73.8 Å². The van der Waals surface area contributed by atoms with Crippen molar-refractivity contribution in [1.29, 1.82) is 0 Å². The molecule has 2 aromatic carbocycles. The largest absolute Gasteiger partial charge is 0.495 e. The molecule has 0 saturated heterocycles. The van der Waals surface area contributed by atoms with Crippen LogP contribution in [0.5, 0.6) is 5.75 Å². The molecule has 0 aliphatic rings. The third kappa shape index (κ3) is 3.77. The Hall–Kier alpha value is -4.20. The average molecular weight is 386 g/mol. The average Bonchev–Trinajstić information content (AvgIpc) is 3.17. The summed E-state index contributed by atoms with van der Waals surface area (Å²) in [6.07, 6.45) is 6.16. The molecule has 2 aromatic heterocycles. The number of ether oxygens (including phenoxy) is 1. The highest BCUT2D eigenvalue weighted by Gasteiger charge is 2.10. The fourth-order valence-corrected chi connectivity index (χ4v) is 2.88. The van der Waals surface area contributed by atoms with Gasteiger partial charge in [0.25, 0.3) is 0 Å². The molecule has 8 heteroatoms. The lowest BCUT2D eigenvalue weighted by Gasteiger charge is -2.11. The Morgan fingerprint density at radius 2 is 2.07 bits per heavy atom. The van der Waals surface area contributed by atoms with Gasteiger partial charge in [0, 0.05) is 5.69 Å². The van der Waals surface area contributed by atoms with E-state index < -0.39 is 0 Å². The van der Waals surface area contributed by atoms with E-state index in [4.69, 9.17) is 4.74 Å². The van der Waals surface area contributed by atoms with E-state index in [1.54, 1.807) is 36.5 Å². The molecular formula is C21H18N6O2. The molecule has 0 atom stereocenters. The summed E-state index contributed by atoms with van der Waals surface area (Å²) < 4.78 is 7.17. The van der Waals surface area contributed by atoms with Gasteiger partial charge < -0.3 is 15.4 Å². The number of hydrogen-bond donors (Lipinski definition) is 2. The minimum absolute atomic E-state index is 0.279. The zero-order valence-electron chi connectivity index (χ0n) is 15.7. The monoisotopic (exact) mass is 386 g/mol. The van der Waals surface area contributed by atoms with Crippen LogP contribution in [0.25, 0.3) is 16.9 Å². The molecule has 1 amide bonds. The van der Waals surface area contributed by atoms with Gasteiger partial charge in [0.1, 0.15) is 12.1 Å². The summed E-state index contributed by atoms with van der Waals surface area (Å²) in [5.74, 6) is 1.57. The van der Waals surface area contributed by atoms with Crippen LogP contribution < -0.4 is 15.4 Å². The van der Waals surface area contributed by atoms with E-state index in [-0.39, 0.29) is 5.91 Å². The zero-order chi connectivity index (χ0) is 20.2. The molecule has 29 heavy (non-hydrogen) atoms. The summed E-state index contributed by atoms with van der Waals surface area (Å²) in [5, 5.41) is 5.97. The molecule has 8 nitrogen and oxygen atoms in total. The van der Waals surface area contributed by atoms with Crippen LogP contribution in [-0.2, 0) is 4.79 Å². The summed E-state index contributed by atoms with van der Waals surface area (Å²) in [6, 6.07) is 13.0. The number of benzene rings is 2. The van der Waals surface area contributed by atoms with Gasteiger partial charge in [-0.05, 0) is 36.4 Å². The third-order valence-corrected chi connectivity index (χ3v) is 4.24. The highest BCUT2D eigenvalue weighted by molar-refractivity contribution is 6.00. The second-order valence-corrected chi connectivity index (χ2v) is 6.10. The van der Waals surface area contributed by atoms with Crippen LogP contribution in [0.3, 0.4) is 0 Å². The molecule has 144 valence electrons. The van der Waals surface area contributed by atoms with Gasteiger partial charge in [-0.1, -0.05) is 18.7 Å².